The quantitative estimate of drug-likeness (QED) is 0.414. The van der Waals surface area contributed by atoms with E-state index in [0.717, 1.165) is 30.1 Å². The van der Waals surface area contributed by atoms with Gasteiger partial charge in [-0.1, -0.05) is 28.9 Å². The number of carbonyl (C=O) groups is 1. The minimum atomic E-state index is 0.0505. The summed E-state index contributed by atoms with van der Waals surface area (Å²) in [4.78, 5) is 21.7. The zero-order valence-corrected chi connectivity index (χ0v) is 19.5. The standard InChI is InChI=1S/C25H24ClN5O3/c1-33-22-7-3-2-5-20(22)29-13-15-30(16-14-29)23(32)17-31-12-4-6-21(31)25-27-24(28-34-25)18-8-10-19(26)11-9-18/h2-12H,13-17H2,1H3. The molecule has 1 saturated heterocycles. The van der Waals surface area contributed by atoms with E-state index in [-0.39, 0.29) is 12.5 Å². The fraction of sp³-hybridized carbons (Fsp3) is 0.240. The van der Waals surface area contributed by atoms with Gasteiger partial charge in [-0.25, -0.2) is 0 Å². The number of nitrogens with zero attached hydrogens (tertiary/aromatic N) is 5. The van der Waals surface area contributed by atoms with Crippen LogP contribution in [-0.2, 0) is 11.3 Å². The fourth-order valence-electron chi connectivity index (χ4n) is 4.12. The number of halogens is 1. The molecule has 2 aromatic carbocycles. The molecule has 0 radical (unpaired) electrons. The van der Waals surface area contributed by atoms with Crippen LogP contribution >= 0.6 is 11.6 Å². The van der Waals surface area contributed by atoms with Gasteiger partial charge in [-0.2, -0.15) is 4.98 Å². The number of aromatic nitrogens is 3. The third-order valence-electron chi connectivity index (χ3n) is 5.94. The summed E-state index contributed by atoms with van der Waals surface area (Å²) in [6.07, 6.45) is 1.85. The lowest BCUT2D eigenvalue weighted by Gasteiger charge is -2.36. The molecule has 34 heavy (non-hydrogen) atoms. The molecule has 1 fully saturated rings. The maximum atomic E-state index is 13.1. The van der Waals surface area contributed by atoms with Gasteiger partial charge in [-0.15, -0.1) is 0 Å². The molecule has 3 heterocycles. The number of ether oxygens (including phenoxy) is 1. The smallest absolute Gasteiger partial charge is 0.274 e. The highest BCUT2D eigenvalue weighted by Crippen LogP contribution is 2.28. The van der Waals surface area contributed by atoms with Crippen LogP contribution in [0.5, 0.6) is 5.75 Å². The van der Waals surface area contributed by atoms with Crippen molar-refractivity contribution in [3.8, 4) is 28.7 Å². The summed E-state index contributed by atoms with van der Waals surface area (Å²) >= 11 is 5.96. The third-order valence-corrected chi connectivity index (χ3v) is 6.19. The topological polar surface area (TPSA) is 76.6 Å². The molecule has 0 atom stereocenters. The Morgan fingerprint density at radius 2 is 1.79 bits per heavy atom. The summed E-state index contributed by atoms with van der Waals surface area (Å²) in [5.74, 6) is 1.73. The zero-order valence-electron chi connectivity index (χ0n) is 18.7. The van der Waals surface area contributed by atoms with Gasteiger partial charge in [-0.3, -0.25) is 4.79 Å². The number of hydrogen-bond acceptors (Lipinski definition) is 6. The van der Waals surface area contributed by atoms with Crippen LogP contribution in [0.1, 0.15) is 0 Å². The van der Waals surface area contributed by atoms with Gasteiger partial charge in [0.1, 0.15) is 18.0 Å². The summed E-state index contributed by atoms with van der Waals surface area (Å²) in [6.45, 7) is 3.00. The first-order chi connectivity index (χ1) is 16.6. The maximum Gasteiger partial charge on any atom is 0.274 e. The van der Waals surface area contributed by atoms with Crippen molar-refractivity contribution in [3.63, 3.8) is 0 Å². The normalized spacial score (nSPS) is 13.8. The number of benzene rings is 2. The molecule has 4 aromatic rings. The number of piperazine rings is 1. The van der Waals surface area contributed by atoms with E-state index < -0.39 is 0 Å². The first kappa shape index (κ1) is 22.0. The summed E-state index contributed by atoms with van der Waals surface area (Å²) in [5, 5.41) is 4.72. The summed E-state index contributed by atoms with van der Waals surface area (Å²) in [5.41, 5.74) is 2.56. The monoisotopic (exact) mass is 477 g/mol. The number of amides is 1. The Morgan fingerprint density at radius 1 is 1.03 bits per heavy atom. The van der Waals surface area contributed by atoms with Crippen LogP contribution in [0.3, 0.4) is 0 Å². The van der Waals surface area contributed by atoms with Crippen LogP contribution in [0, 0.1) is 0 Å². The van der Waals surface area contributed by atoms with Crippen molar-refractivity contribution in [1.82, 2.24) is 19.6 Å². The van der Waals surface area contributed by atoms with Crippen LogP contribution in [0.4, 0.5) is 5.69 Å². The Labute approximate surface area is 202 Å². The number of hydrogen-bond donors (Lipinski definition) is 0. The van der Waals surface area contributed by atoms with Gasteiger partial charge in [-0.05, 0) is 48.5 Å². The SMILES string of the molecule is COc1ccccc1N1CCN(C(=O)Cn2cccc2-c2nc(-c3ccc(Cl)cc3)no2)CC1. The lowest BCUT2D eigenvalue weighted by atomic mass is 10.2. The second-order valence-corrected chi connectivity index (χ2v) is 8.43. The van der Waals surface area contributed by atoms with Crippen LogP contribution < -0.4 is 9.64 Å². The Bertz CT molecular complexity index is 1280. The van der Waals surface area contributed by atoms with Gasteiger partial charge in [0.25, 0.3) is 5.89 Å². The van der Waals surface area contributed by atoms with E-state index in [1.807, 2.05) is 64.2 Å². The molecular formula is C25H24ClN5O3. The van der Waals surface area contributed by atoms with Crippen molar-refractivity contribution >= 4 is 23.2 Å². The summed E-state index contributed by atoms with van der Waals surface area (Å²) in [7, 11) is 1.68. The van der Waals surface area contributed by atoms with Gasteiger partial charge >= 0.3 is 0 Å². The predicted octanol–water partition coefficient (Wildman–Crippen LogP) is 4.22. The zero-order chi connectivity index (χ0) is 23.5. The highest BCUT2D eigenvalue weighted by molar-refractivity contribution is 6.30. The van der Waals surface area contributed by atoms with Gasteiger partial charge in [0.2, 0.25) is 11.7 Å². The largest absolute Gasteiger partial charge is 0.495 e. The molecule has 5 rings (SSSR count). The number of para-hydroxylation sites is 2. The average Bonchev–Trinajstić information content (AvgIpc) is 3.54. The molecule has 0 N–H and O–H groups in total. The number of anilines is 1. The van der Waals surface area contributed by atoms with E-state index in [9.17, 15) is 4.79 Å². The molecular weight excluding hydrogens is 454 g/mol. The van der Waals surface area contributed by atoms with Gasteiger partial charge in [0.15, 0.2) is 0 Å². The van der Waals surface area contributed by atoms with Crippen LogP contribution in [0.25, 0.3) is 23.0 Å². The second-order valence-electron chi connectivity index (χ2n) is 7.99. The maximum absolute atomic E-state index is 13.1. The molecule has 0 bridgehead atoms. The third kappa shape index (κ3) is 4.49. The lowest BCUT2D eigenvalue weighted by Crippen LogP contribution is -2.49. The number of carbonyl (C=O) groups excluding carboxylic acids is 1. The van der Waals surface area contributed by atoms with E-state index in [1.54, 1.807) is 19.2 Å². The Balaban J connectivity index is 1.24. The molecule has 1 aliphatic rings. The highest BCUT2D eigenvalue weighted by atomic mass is 35.5. The predicted molar refractivity (Wildman–Crippen MR) is 130 cm³/mol. The van der Waals surface area contributed by atoms with Gasteiger partial charge < -0.3 is 23.6 Å². The molecule has 0 spiro atoms. The molecule has 0 unspecified atom stereocenters. The van der Waals surface area contributed by atoms with Crippen molar-refractivity contribution in [2.24, 2.45) is 0 Å². The molecule has 1 aliphatic heterocycles. The summed E-state index contributed by atoms with van der Waals surface area (Å²) < 4.78 is 12.8. The minimum absolute atomic E-state index is 0.0505. The van der Waals surface area contributed by atoms with Crippen molar-refractivity contribution in [2.45, 2.75) is 6.54 Å². The lowest BCUT2D eigenvalue weighted by molar-refractivity contribution is -0.132. The highest BCUT2D eigenvalue weighted by Gasteiger charge is 2.24. The molecule has 174 valence electrons. The summed E-state index contributed by atoms with van der Waals surface area (Å²) in [6, 6.07) is 18.9. The van der Waals surface area contributed by atoms with E-state index in [4.69, 9.17) is 20.9 Å². The van der Waals surface area contributed by atoms with Crippen LogP contribution in [0.2, 0.25) is 5.02 Å². The minimum Gasteiger partial charge on any atom is -0.495 e. The fourth-order valence-corrected chi connectivity index (χ4v) is 4.25. The molecule has 1 amide bonds. The second kappa shape index (κ2) is 9.61. The van der Waals surface area contributed by atoms with E-state index >= 15 is 0 Å². The van der Waals surface area contributed by atoms with Crippen LogP contribution in [-0.4, -0.2) is 58.8 Å². The van der Waals surface area contributed by atoms with Crippen molar-refractivity contribution < 1.29 is 14.1 Å². The van der Waals surface area contributed by atoms with Crippen molar-refractivity contribution in [1.29, 1.82) is 0 Å². The Kier molecular flexibility index (Phi) is 6.22. The van der Waals surface area contributed by atoms with Crippen molar-refractivity contribution in [3.05, 3.63) is 71.9 Å². The molecule has 0 saturated carbocycles. The number of rotatable bonds is 6. The molecule has 9 heteroatoms. The van der Waals surface area contributed by atoms with Gasteiger partial charge in [0, 0.05) is 43.0 Å². The number of methoxy groups -OCH3 is 1. The average molecular weight is 478 g/mol. The Morgan fingerprint density at radius 3 is 2.56 bits per heavy atom. The first-order valence-electron chi connectivity index (χ1n) is 11.0. The Hall–Kier alpha value is -3.78. The van der Waals surface area contributed by atoms with Crippen LogP contribution in [0.15, 0.2) is 71.4 Å². The molecule has 8 nitrogen and oxygen atoms in total. The van der Waals surface area contributed by atoms with Crippen molar-refractivity contribution in [2.75, 3.05) is 38.2 Å². The van der Waals surface area contributed by atoms with E-state index in [2.05, 4.69) is 15.0 Å². The first-order valence-corrected chi connectivity index (χ1v) is 11.4. The van der Waals surface area contributed by atoms with E-state index in [0.29, 0.717) is 35.5 Å². The molecule has 0 aliphatic carbocycles. The van der Waals surface area contributed by atoms with Gasteiger partial charge in [0.05, 0.1) is 12.8 Å². The molecule has 2 aromatic heterocycles. The van der Waals surface area contributed by atoms with E-state index in [1.165, 1.54) is 0 Å².